The molecular formula is C12H19N3O2. The van der Waals surface area contributed by atoms with Crippen molar-refractivity contribution in [2.24, 2.45) is 5.73 Å². The number of nitrogens with two attached hydrogens (primary N) is 2. The zero-order valence-corrected chi connectivity index (χ0v) is 10.1. The topological polar surface area (TPSA) is 101 Å². The molecule has 0 aliphatic rings. The normalized spacial score (nSPS) is 14.1. The largest absolute Gasteiger partial charge is 0.397 e. The lowest BCUT2D eigenvalue weighted by atomic mass is 10.1. The van der Waals surface area contributed by atoms with E-state index in [1.807, 2.05) is 6.92 Å². The van der Waals surface area contributed by atoms with Crippen LogP contribution in [-0.4, -0.2) is 23.2 Å². The molecular weight excluding hydrogens is 218 g/mol. The van der Waals surface area contributed by atoms with E-state index in [-0.39, 0.29) is 6.04 Å². The van der Waals surface area contributed by atoms with Crippen molar-refractivity contribution in [2.75, 3.05) is 11.1 Å². The third-order valence-corrected chi connectivity index (χ3v) is 2.43. The summed E-state index contributed by atoms with van der Waals surface area (Å²) in [6.45, 7) is 3.66. The van der Waals surface area contributed by atoms with Crippen molar-refractivity contribution in [3.63, 3.8) is 0 Å². The van der Waals surface area contributed by atoms with Crippen LogP contribution in [0.25, 0.3) is 0 Å². The molecule has 1 aromatic carbocycles. The quantitative estimate of drug-likeness (QED) is 0.572. The summed E-state index contributed by atoms with van der Waals surface area (Å²) >= 11 is 0. The number of hydrogen-bond acceptors (Lipinski definition) is 4. The number of carbonyl (C=O) groups is 1. The smallest absolute Gasteiger partial charge is 0.248 e. The summed E-state index contributed by atoms with van der Waals surface area (Å²) in [6.07, 6.45) is 0.207. The number of primary amides is 1. The molecule has 1 rings (SSSR count). The second-order valence-corrected chi connectivity index (χ2v) is 4.30. The lowest BCUT2D eigenvalue weighted by molar-refractivity contribution is 0.100. The van der Waals surface area contributed by atoms with Gasteiger partial charge in [-0.3, -0.25) is 4.79 Å². The molecule has 6 N–H and O–H groups in total. The average molecular weight is 237 g/mol. The van der Waals surface area contributed by atoms with Crippen molar-refractivity contribution in [2.45, 2.75) is 32.4 Å². The molecule has 2 unspecified atom stereocenters. The number of aliphatic hydroxyl groups excluding tert-OH is 1. The molecule has 0 aromatic heterocycles. The van der Waals surface area contributed by atoms with Crippen LogP contribution in [0.3, 0.4) is 0 Å². The Morgan fingerprint density at radius 2 is 2.12 bits per heavy atom. The molecule has 0 fully saturated rings. The Balaban J connectivity index is 2.82. The first-order valence-electron chi connectivity index (χ1n) is 5.54. The van der Waals surface area contributed by atoms with E-state index in [0.717, 1.165) is 0 Å². The van der Waals surface area contributed by atoms with Crippen LogP contribution in [0.15, 0.2) is 18.2 Å². The van der Waals surface area contributed by atoms with Gasteiger partial charge in [-0.2, -0.15) is 0 Å². The number of hydrogen-bond donors (Lipinski definition) is 4. The molecule has 5 heteroatoms. The van der Waals surface area contributed by atoms with Crippen molar-refractivity contribution in [1.29, 1.82) is 0 Å². The summed E-state index contributed by atoms with van der Waals surface area (Å²) in [5.41, 5.74) is 12.6. The van der Waals surface area contributed by atoms with Gasteiger partial charge in [0.2, 0.25) is 5.91 Å². The van der Waals surface area contributed by atoms with Gasteiger partial charge in [-0.05, 0) is 38.5 Å². The van der Waals surface area contributed by atoms with Gasteiger partial charge in [0.15, 0.2) is 0 Å². The van der Waals surface area contributed by atoms with Crippen LogP contribution >= 0.6 is 0 Å². The fourth-order valence-electron chi connectivity index (χ4n) is 1.67. The molecule has 0 radical (unpaired) electrons. The van der Waals surface area contributed by atoms with E-state index in [2.05, 4.69) is 5.32 Å². The number of rotatable bonds is 5. The molecule has 0 aliphatic heterocycles. The lowest BCUT2D eigenvalue weighted by Crippen LogP contribution is -2.21. The number of anilines is 2. The number of amides is 1. The standard InChI is InChI=1S/C12H19N3O2/c1-7(5-8(2)16)15-11-6-9(12(14)17)3-4-10(11)13/h3-4,6-8,15-16H,5,13H2,1-2H3,(H2,14,17). The van der Waals surface area contributed by atoms with Gasteiger partial charge in [0, 0.05) is 11.6 Å². The predicted molar refractivity (Wildman–Crippen MR) is 68.8 cm³/mol. The molecule has 0 saturated carbocycles. The highest BCUT2D eigenvalue weighted by molar-refractivity contribution is 5.94. The maximum Gasteiger partial charge on any atom is 0.248 e. The molecule has 94 valence electrons. The third kappa shape index (κ3) is 3.96. The first-order valence-corrected chi connectivity index (χ1v) is 5.54. The lowest BCUT2D eigenvalue weighted by Gasteiger charge is -2.18. The molecule has 0 spiro atoms. The molecule has 0 aliphatic carbocycles. The zero-order chi connectivity index (χ0) is 13.0. The minimum Gasteiger partial charge on any atom is -0.397 e. The van der Waals surface area contributed by atoms with Gasteiger partial charge in [0.25, 0.3) is 0 Å². The number of nitrogen functional groups attached to an aromatic ring is 1. The molecule has 1 aromatic rings. The Hall–Kier alpha value is -1.75. The summed E-state index contributed by atoms with van der Waals surface area (Å²) in [4.78, 5) is 11.0. The van der Waals surface area contributed by atoms with E-state index >= 15 is 0 Å². The van der Waals surface area contributed by atoms with Crippen LogP contribution < -0.4 is 16.8 Å². The predicted octanol–water partition coefficient (Wildman–Crippen LogP) is 0.939. The minimum atomic E-state index is -0.490. The van der Waals surface area contributed by atoms with Gasteiger partial charge in [-0.25, -0.2) is 0 Å². The van der Waals surface area contributed by atoms with E-state index < -0.39 is 12.0 Å². The van der Waals surface area contributed by atoms with Crippen molar-refractivity contribution < 1.29 is 9.90 Å². The Bertz CT molecular complexity index is 405. The van der Waals surface area contributed by atoms with Crippen LogP contribution in [0.1, 0.15) is 30.6 Å². The SMILES string of the molecule is CC(O)CC(C)Nc1cc(C(N)=O)ccc1N. The van der Waals surface area contributed by atoms with E-state index in [0.29, 0.717) is 23.4 Å². The van der Waals surface area contributed by atoms with Crippen LogP contribution in [-0.2, 0) is 0 Å². The van der Waals surface area contributed by atoms with Crippen molar-refractivity contribution in [1.82, 2.24) is 0 Å². The van der Waals surface area contributed by atoms with Crippen LogP contribution in [0.2, 0.25) is 0 Å². The highest BCUT2D eigenvalue weighted by atomic mass is 16.3. The van der Waals surface area contributed by atoms with E-state index in [1.54, 1.807) is 25.1 Å². The fraction of sp³-hybridized carbons (Fsp3) is 0.417. The summed E-state index contributed by atoms with van der Waals surface area (Å²) in [7, 11) is 0. The summed E-state index contributed by atoms with van der Waals surface area (Å²) < 4.78 is 0. The first-order chi connectivity index (χ1) is 7.90. The maximum atomic E-state index is 11.0. The van der Waals surface area contributed by atoms with Crippen molar-refractivity contribution >= 4 is 17.3 Å². The molecule has 0 heterocycles. The van der Waals surface area contributed by atoms with Gasteiger partial charge in [-0.1, -0.05) is 0 Å². The minimum absolute atomic E-state index is 0.0560. The van der Waals surface area contributed by atoms with Gasteiger partial charge in [0.1, 0.15) is 0 Å². The molecule has 2 atom stereocenters. The second-order valence-electron chi connectivity index (χ2n) is 4.30. The molecule has 1 amide bonds. The van der Waals surface area contributed by atoms with Gasteiger partial charge in [-0.15, -0.1) is 0 Å². The van der Waals surface area contributed by atoms with Crippen LogP contribution in [0, 0.1) is 0 Å². The van der Waals surface area contributed by atoms with E-state index in [4.69, 9.17) is 11.5 Å². The first kappa shape index (κ1) is 13.3. The average Bonchev–Trinajstić information content (AvgIpc) is 2.19. The fourth-order valence-corrected chi connectivity index (χ4v) is 1.67. The molecule has 5 nitrogen and oxygen atoms in total. The van der Waals surface area contributed by atoms with E-state index in [9.17, 15) is 9.90 Å². The van der Waals surface area contributed by atoms with E-state index in [1.165, 1.54) is 0 Å². The highest BCUT2D eigenvalue weighted by Crippen LogP contribution is 2.21. The van der Waals surface area contributed by atoms with Gasteiger partial charge in [0.05, 0.1) is 17.5 Å². The second kappa shape index (κ2) is 5.54. The van der Waals surface area contributed by atoms with Crippen molar-refractivity contribution in [3.8, 4) is 0 Å². The Morgan fingerprint density at radius 1 is 1.47 bits per heavy atom. The number of benzene rings is 1. The summed E-state index contributed by atoms with van der Waals surface area (Å²) in [6, 6.07) is 4.90. The van der Waals surface area contributed by atoms with Crippen LogP contribution in [0.5, 0.6) is 0 Å². The number of carbonyl (C=O) groups excluding carboxylic acids is 1. The molecule has 0 bridgehead atoms. The summed E-state index contributed by atoms with van der Waals surface area (Å²) in [5, 5.41) is 12.4. The third-order valence-electron chi connectivity index (χ3n) is 2.43. The Morgan fingerprint density at radius 3 is 2.65 bits per heavy atom. The summed E-state index contributed by atoms with van der Waals surface area (Å²) in [5.74, 6) is -0.490. The highest BCUT2D eigenvalue weighted by Gasteiger charge is 2.09. The van der Waals surface area contributed by atoms with Gasteiger partial charge >= 0.3 is 0 Å². The van der Waals surface area contributed by atoms with Crippen molar-refractivity contribution in [3.05, 3.63) is 23.8 Å². The van der Waals surface area contributed by atoms with Gasteiger partial charge < -0.3 is 21.9 Å². The monoisotopic (exact) mass is 237 g/mol. The zero-order valence-electron chi connectivity index (χ0n) is 10.1. The Kier molecular flexibility index (Phi) is 4.34. The van der Waals surface area contributed by atoms with Crippen LogP contribution in [0.4, 0.5) is 11.4 Å². The maximum absolute atomic E-state index is 11.0. The molecule has 17 heavy (non-hydrogen) atoms. The Labute approximate surface area is 101 Å². The number of nitrogens with one attached hydrogen (secondary N) is 1. The molecule has 0 saturated heterocycles. The number of aliphatic hydroxyl groups is 1.